The number of imidazole rings is 1. The number of benzene rings is 1. The first kappa shape index (κ1) is 19.8. The molecule has 2 aliphatic rings. The van der Waals surface area contributed by atoms with Gasteiger partial charge in [0.1, 0.15) is 5.76 Å². The minimum atomic E-state index is -0.718. The van der Waals surface area contributed by atoms with Gasteiger partial charge in [-0.1, -0.05) is 0 Å². The summed E-state index contributed by atoms with van der Waals surface area (Å²) in [7, 11) is 0. The fourth-order valence-corrected chi connectivity index (χ4v) is 4.04. The molecule has 1 fully saturated rings. The number of carbonyl (C=O) groups excluding carboxylic acids is 2. The molecule has 1 atom stereocenters. The number of aryl methyl sites for hydroxylation is 1. The topological polar surface area (TPSA) is 107 Å². The smallest absolute Gasteiger partial charge is 0.295 e. The minimum Gasteiger partial charge on any atom is -0.507 e. The van der Waals surface area contributed by atoms with Crippen molar-refractivity contribution in [3.8, 4) is 11.5 Å². The van der Waals surface area contributed by atoms with Crippen molar-refractivity contribution in [3.05, 3.63) is 78.1 Å². The number of ketones is 1. The van der Waals surface area contributed by atoms with E-state index in [-0.39, 0.29) is 18.1 Å². The van der Waals surface area contributed by atoms with Crippen molar-refractivity contribution in [1.29, 1.82) is 0 Å². The molecule has 32 heavy (non-hydrogen) atoms. The molecule has 1 N–H and O–H groups in total. The van der Waals surface area contributed by atoms with Crippen molar-refractivity contribution >= 4 is 17.4 Å². The van der Waals surface area contributed by atoms with Crippen LogP contribution in [0.2, 0.25) is 0 Å². The van der Waals surface area contributed by atoms with Crippen LogP contribution in [0.5, 0.6) is 11.5 Å². The third-order valence-electron chi connectivity index (χ3n) is 5.58. The molecule has 1 unspecified atom stereocenters. The number of aliphatic hydroxyl groups excluding tert-OH is 1. The van der Waals surface area contributed by atoms with Gasteiger partial charge < -0.3 is 24.0 Å². The highest BCUT2D eigenvalue weighted by molar-refractivity contribution is 6.46. The Bertz CT molecular complexity index is 1190. The van der Waals surface area contributed by atoms with E-state index < -0.39 is 17.7 Å². The van der Waals surface area contributed by atoms with E-state index in [0.717, 1.165) is 0 Å². The summed E-state index contributed by atoms with van der Waals surface area (Å²) in [6, 6.07) is 7.68. The van der Waals surface area contributed by atoms with Crippen LogP contribution in [0.1, 0.15) is 23.6 Å². The second kappa shape index (κ2) is 8.18. The molecule has 2 aliphatic heterocycles. The number of aliphatic hydroxyl groups is 1. The molecule has 0 saturated carbocycles. The molecular formula is C23H20N4O5. The highest BCUT2D eigenvalue weighted by Crippen LogP contribution is 2.41. The number of hydrogen-bond acceptors (Lipinski definition) is 7. The molecular weight excluding hydrogens is 412 g/mol. The lowest BCUT2D eigenvalue weighted by atomic mass is 9.96. The lowest BCUT2D eigenvalue weighted by Gasteiger charge is -2.25. The molecule has 0 bridgehead atoms. The van der Waals surface area contributed by atoms with Crippen molar-refractivity contribution in [1.82, 2.24) is 19.4 Å². The summed E-state index contributed by atoms with van der Waals surface area (Å²) in [5, 5.41) is 11.1. The molecule has 1 amide bonds. The van der Waals surface area contributed by atoms with E-state index in [0.29, 0.717) is 42.1 Å². The first-order valence-corrected chi connectivity index (χ1v) is 10.2. The molecule has 0 aliphatic carbocycles. The number of hydrogen-bond donors (Lipinski definition) is 1. The van der Waals surface area contributed by atoms with E-state index in [4.69, 9.17) is 9.47 Å². The molecule has 3 aromatic rings. The first-order valence-electron chi connectivity index (χ1n) is 10.2. The Labute approximate surface area is 183 Å². The maximum atomic E-state index is 13.0. The summed E-state index contributed by atoms with van der Waals surface area (Å²) in [5.74, 6) is -0.568. The molecule has 9 heteroatoms. The van der Waals surface area contributed by atoms with E-state index >= 15 is 0 Å². The van der Waals surface area contributed by atoms with Gasteiger partial charge in [-0.3, -0.25) is 14.6 Å². The third kappa shape index (κ3) is 3.47. The predicted octanol–water partition coefficient (Wildman–Crippen LogP) is 2.52. The van der Waals surface area contributed by atoms with Gasteiger partial charge in [0.25, 0.3) is 11.7 Å². The predicted molar refractivity (Wildman–Crippen MR) is 113 cm³/mol. The number of nitrogens with zero attached hydrogens (tertiary/aromatic N) is 4. The Morgan fingerprint density at radius 3 is 2.62 bits per heavy atom. The van der Waals surface area contributed by atoms with Crippen molar-refractivity contribution in [2.24, 2.45) is 0 Å². The molecule has 162 valence electrons. The van der Waals surface area contributed by atoms with Gasteiger partial charge in [-0.25, -0.2) is 4.98 Å². The molecule has 0 spiro atoms. The van der Waals surface area contributed by atoms with Crippen molar-refractivity contribution in [2.75, 3.05) is 13.3 Å². The summed E-state index contributed by atoms with van der Waals surface area (Å²) in [6.45, 7) is 1.08. The molecule has 9 nitrogen and oxygen atoms in total. The molecule has 2 aromatic heterocycles. The Kier molecular flexibility index (Phi) is 5.06. The normalized spacial score (nSPS) is 19.0. The van der Waals surface area contributed by atoms with Crippen molar-refractivity contribution in [2.45, 2.75) is 19.0 Å². The Hall–Kier alpha value is -4.14. The van der Waals surface area contributed by atoms with Gasteiger partial charge in [0, 0.05) is 43.4 Å². The molecule has 1 aromatic carbocycles. The van der Waals surface area contributed by atoms with Crippen molar-refractivity contribution in [3.63, 3.8) is 0 Å². The van der Waals surface area contributed by atoms with Gasteiger partial charge in [-0.05, 0) is 42.3 Å². The average Bonchev–Trinajstić information content (AvgIpc) is 3.55. The van der Waals surface area contributed by atoms with Gasteiger partial charge >= 0.3 is 0 Å². The quantitative estimate of drug-likeness (QED) is 0.362. The van der Waals surface area contributed by atoms with Crippen LogP contribution in [-0.4, -0.2) is 49.6 Å². The zero-order valence-electron chi connectivity index (χ0n) is 17.0. The summed E-state index contributed by atoms with van der Waals surface area (Å²) in [6.07, 6.45) is 9.05. The number of aromatic nitrogens is 3. The fourth-order valence-electron chi connectivity index (χ4n) is 4.04. The summed E-state index contributed by atoms with van der Waals surface area (Å²) >= 11 is 0. The number of pyridine rings is 1. The van der Waals surface area contributed by atoms with Crippen LogP contribution >= 0.6 is 0 Å². The molecule has 1 saturated heterocycles. The van der Waals surface area contributed by atoms with Crippen LogP contribution in [0, 0.1) is 0 Å². The summed E-state index contributed by atoms with van der Waals surface area (Å²) < 4.78 is 12.6. The standard InChI is InChI=1S/C23H20N4O5/c28-21(16-2-3-17-18(12-16)32-14-31-17)19-20(15-4-6-24-7-5-15)27(23(30)22(19)29)10-1-9-26-11-8-25-13-26/h2-8,11-13,20,28H,1,9-10,14H2. The van der Waals surface area contributed by atoms with Gasteiger partial charge in [0.05, 0.1) is 17.9 Å². The lowest BCUT2D eigenvalue weighted by molar-refractivity contribution is -0.139. The van der Waals surface area contributed by atoms with Crippen LogP contribution in [0.4, 0.5) is 0 Å². The Morgan fingerprint density at radius 2 is 1.84 bits per heavy atom. The number of Topliss-reactive ketones (excluding diaryl/α,β-unsaturated/α-hetero) is 1. The number of likely N-dealkylation sites (tertiary alicyclic amines) is 1. The number of fused-ring (bicyclic) bond motifs is 1. The zero-order valence-corrected chi connectivity index (χ0v) is 17.0. The SMILES string of the molecule is O=C1C(=O)N(CCCn2ccnc2)C(c2ccncc2)C1=C(O)c1ccc2c(c1)OCO2. The maximum absolute atomic E-state index is 13.0. The lowest BCUT2D eigenvalue weighted by Crippen LogP contribution is -2.31. The Balaban J connectivity index is 1.52. The third-order valence-corrected chi connectivity index (χ3v) is 5.58. The second-order valence-corrected chi connectivity index (χ2v) is 7.50. The van der Waals surface area contributed by atoms with Crippen LogP contribution in [-0.2, 0) is 16.1 Å². The van der Waals surface area contributed by atoms with Crippen LogP contribution in [0.3, 0.4) is 0 Å². The second-order valence-electron chi connectivity index (χ2n) is 7.50. The van der Waals surface area contributed by atoms with E-state index in [1.165, 1.54) is 4.90 Å². The molecule has 5 rings (SSSR count). The summed E-state index contributed by atoms with van der Waals surface area (Å²) in [5.41, 5.74) is 1.12. The highest BCUT2D eigenvalue weighted by Gasteiger charge is 2.45. The van der Waals surface area contributed by atoms with Gasteiger partial charge in [-0.2, -0.15) is 0 Å². The van der Waals surface area contributed by atoms with Gasteiger partial charge in [-0.15, -0.1) is 0 Å². The van der Waals surface area contributed by atoms with Crippen LogP contribution < -0.4 is 9.47 Å². The maximum Gasteiger partial charge on any atom is 0.295 e. The van der Waals surface area contributed by atoms with Crippen molar-refractivity contribution < 1.29 is 24.2 Å². The van der Waals surface area contributed by atoms with E-state index in [1.54, 1.807) is 55.2 Å². The van der Waals surface area contributed by atoms with E-state index in [9.17, 15) is 14.7 Å². The summed E-state index contributed by atoms with van der Waals surface area (Å²) in [4.78, 5) is 35.6. The average molecular weight is 432 g/mol. The number of rotatable bonds is 6. The van der Waals surface area contributed by atoms with Gasteiger partial charge in [0.15, 0.2) is 11.5 Å². The van der Waals surface area contributed by atoms with Crippen LogP contribution in [0.25, 0.3) is 5.76 Å². The van der Waals surface area contributed by atoms with Crippen LogP contribution in [0.15, 0.2) is 67.0 Å². The first-order chi connectivity index (χ1) is 15.6. The number of amides is 1. The fraction of sp³-hybridized carbons (Fsp3) is 0.217. The monoisotopic (exact) mass is 432 g/mol. The molecule has 0 radical (unpaired) electrons. The van der Waals surface area contributed by atoms with Gasteiger partial charge in [0.2, 0.25) is 6.79 Å². The molecule has 4 heterocycles. The van der Waals surface area contributed by atoms with E-state index in [2.05, 4.69) is 9.97 Å². The van der Waals surface area contributed by atoms with E-state index in [1.807, 2.05) is 10.8 Å². The zero-order chi connectivity index (χ0) is 22.1. The number of ether oxygens (including phenoxy) is 2. The largest absolute Gasteiger partial charge is 0.507 e. The highest BCUT2D eigenvalue weighted by atomic mass is 16.7. The minimum absolute atomic E-state index is 0.0442. The number of carbonyl (C=O) groups is 2. The Morgan fingerprint density at radius 1 is 1.03 bits per heavy atom.